The molecule has 20 heavy (non-hydrogen) atoms. The summed E-state index contributed by atoms with van der Waals surface area (Å²) in [5.74, 6) is 0.708. The van der Waals surface area contributed by atoms with Gasteiger partial charge in [0.05, 0.1) is 0 Å². The Morgan fingerprint density at radius 2 is 2.20 bits per heavy atom. The van der Waals surface area contributed by atoms with Gasteiger partial charge in [-0.15, -0.1) is 11.3 Å². The predicted molar refractivity (Wildman–Crippen MR) is 89.4 cm³/mol. The molecule has 114 valence electrons. The number of piperazine rings is 1. The lowest BCUT2D eigenvalue weighted by Crippen LogP contribution is -2.58. The third kappa shape index (κ3) is 3.63. The Morgan fingerprint density at radius 1 is 1.40 bits per heavy atom. The SMILES string of the molecule is CCCC(c1cccs1)N1CC(CC)NCC1C(C)C. The lowest BCUT2D eigenvalue weighted by Gasteiger charge is -2.46. The summed E-state index contributed by atoms with van der Waals surface area (Å²) in [4.78, 5) is 4.35. The monoisotopic (exact) mass is 294 g/mol. The largest absolute Gasteiger partial charge is 0.311 e. The lowest BCUT2D eigenvalue weighted by atomic mass is 9.94. The second-order valence-electron chi connectivity index (χ2n) is 6.34. The van der Waals surface area contributed by atoms with Crippen LogP contribution in [0.25, 0.3) is 0 Å². The summed E-state index contributed by atoms with van der Waals surface area (Å²) in [5.41, 5.74) is 0. The molecular weight excluding hydrogens is 264 g/mol. The van der Waals surface area contributed by atoms with Gasteiger partial charge in [0.15, 0.2) is 0 Å². The number of hydrogen-bond acceptors (Lipinski definition) is 3. The number of rotatable bonds is 6. The highest BCUT2D eigenvalue weighted by Gasteiger charge is 2.34. The second-order valence-corrected chi connectivity index (χ2v) is 7.32. The highest BCUT2D eigenvalue weighted by atomic mass is 32.1. The Bertz CT molecular complexity index is 374. The average Bonchev–Trinajstić information content (AvgIpc) is 2.97. The molecule has 1 aromatic heterocycles. The van der Waals surface area contributed by atoms with Crippen molar-refractivity contribution in [2.75, 3.05) is 13.1 Å². The minimum atomic E-state index is 0.614. The fourth-order valence-corrected chi connectivity index (χ4v) is 4.22. The molecule has 0 aliphatic carbocycles. The molecule has 2 heterocycles. The lowest BCUT2D eigenvalue weighted by molar-refractivity contribution is 0.0511. The first-order valence-electron chi connectivity index (χ1n) is 8.19. The number of nitrogens with zero attached hydrogens (tertiary/aromatic N) is 1. The van der Waals surface area contributed by atoms with E-state index in [0.29, 0.717) is 24.0 Å². The van der Waals surface area contributed by atoms with E-state index in [1.807, 2.05) is 11.3 Å². The fraction of sp³-hybridized carbons (Fsp3) is 0.765. The normalized spacial score (nSPS) is 26.1. The zero-order valence-electron chi connectivity index (χ0n) is 13.4. The molecule has 1 aliphatic rings. The van der Waals surface area contributed by atoms with Crippen LogP contribution in [0.15, 0.2) is 17.5 Å². The van der Waals surface area contributed by atoms with Crippen LogP contribution in [-0.2, 0) is 0 Å². The summed E-state index contributed by atoms with van der Waals surface area (Å²) in [6.45, 7) is 11.7. The molecule has 0 spiro atoms. The fourth-order valence-electron chi connectivity index (χ4n) is 3.34. The maximum Gasteiger partial charge on any atom is 0.0445 e. The Labute approximate surface area is 128 Å². The maximum atomic E-state index is 3.73. The Morgan fingerprint density at radius 3 is 2.75 bits per heavy atom. The quantitative estimate of drug-likeness (QED) is 0.841. The van der Waals surface area contributed by atoms with E-state index in [1.54, 1.807) is 4.88 Å². The molecule has 3 unspecified atom stereocenters. The van der Waals surface area contributed by atoms with E-state index in [0.717, 1.165) is 6.54 Å². The molecule has 0 aromatic carbocycles. The van der Waals surface area contributed by atoms with Crippen LogP contribution in [0.4, 0.5) is 0 Å². The maximum absolute atomic E-state index is 3.73. The van der Waals surface area contributed by atoms with Crippen molar-refractivity contribution >= 4 is 11.3 Å². The first-order chi connectivity index (χ1) is 9.67. The molecule has 2 rings (SSSR count). The average molecular weight is 295 g/mol. The molecule has 1 aliphatic heterocycles. The molecular formula is C17H30N2S. The van der Waals surface area contributed by atoms with Gasteiger partial charge in [0.25, 0.3) is 0 Å². The highest BCUT2D eigenvalue weighted by Crippen LogP contribution is 2.34. The number of hydrogen-bond donors (Lipinski definition) is 1. The molecule has 0 saturated carbocycles. The van der Waals surface area contributed by atoms with Gasteiger partial charge >= 0.3 is 0 Å². The minimum Gasteiger partial charge on any atom is -0.311 e. The van der Waals surface area contributed by atoms with Crippen molar-refractivity contribution in [2.45, 2.75) is 65.1 Å². The van der Waals surface area contributed by atoms with Crippen molar-refractivity contribution in [1.29, 1.82) is 0 Å². The van der Waals surface area contributed by atoms with Gasteiger partial charge in [0.2, 0.25) is 0 Å². The van der Waals surface area contributed by atoms with E-state index in [-0.39, 0.29) is 0 Å². The zero-order valence-corrected chi connectivity index (χ0v) is 14.2. The number of thiophene rings is 1. The summed E-state index contributed by atoms with van der Waals surface area (Å²) in [7, 11) is 0. The molecule has 0 bridgehead atoms. The van der Waals surface area contributed by atoms with Crippen LogP contribution >= 0.6 is 11.3 Å². The third-order valence-corrected chi connectivity index (χ3v) is 5.54. The Kier molecular flexibility index (Phi) is 6.06. The van der Waals surface area contributed by atoms with Crippen molar-refractivity contribution in [2.24, 2.45) is 5.92 Å². The molecule has 3 heteroatoms. The van der Waals surface area contributed by atoms with E-state index in [9.17, 15) is 0 Å². The summed E-state index contributed by atoms with van der Waals surface area (Å²) in [6, 6.07) is 6.46. The van der Waals surface area contributed by atoms with E-state index in [4.69, 9.17) is 0 Å². The van der Waals surface area contributed by atoms with Crippen LogP contribution in [0.5, 0.6) is 0 Å². The molecule has 0 amide bonds. The van der Waals surface area contributed by atoms with Crippen molar-refractivity contribution in [1.82, 2.24) is 10.2 Å². The van der Waals surface area contributed by atoms with Crippen LogP contribution in [-0.4, -0.2) is 30.1 Å². The van der Waals surface area contributed by atoms with Crippen LogP contribution in [0.2, 0.25) is 0 Å². The highest BCUT2D eigenvalue weighted by molar-refractivity contribution is 7.10. The second kappa shape index (κ2) is 7.58. The van der Waals surface area contributed by atoms with Gasteiger partial charge in [0.1, 0.15) is 0 Å². The molecule has 1 saturated heterocycles. The van der Waals surface area contributed by atoms with Crippen molar-refractivity contribution in [3.63, 3.8) is 0 Å². The van der Waals surface area contributed by atoms with Gasteiger partial charge in [-0.1, -0.05) is 40.2 Å². The van der Waals surface area contributed by atoms with E-state index >= 15 is 0 Å². The van der Waals surface area contributed by atoms with Gasteiger partial charge in [-0.2, -0.15) is 0 Å². The van der Waals surface area contributed by atoms with Crippen molar-refractivity contribution < 1.29 is 0 Å². The molecule has 2 nitrogen and oxygen atoms in total. The number of nitrogens with one attached hydrogen (secondary N) is 1. The van der Waals surface area contributed by atoms with Crippen molar-refractivity contribution in [3.8, 4) is 0 Å². The van der Waals surface area contributed by atoms with E-state index < -0.39 is 0 Å². The van der Waals surface area contributed by atoms with Gasteiger partial charge in [0, 0.05) is 36.1 Å². The van der Waals surface area contributed by atoms with E-state index in [1.165, 1.54) is 25.8 Å². The summed E-state index contributed by atoms with van der Waals surface area (Å²) < 4.78 is 0. The zero-order chi connectivity index (χ0) is 14.5. The van der Waals surface area contributed by atoms with Crippen LogP contribution in [0.3, 0.4) is 0 Å². The van der Waals surface area contributed by atoms with Gasteiger partial charge in [-0.05, 0) is 30.2 Å². The summed E-state index contributed by atoms with van der Waals surface area (Å²) in [6.07, 6.45) is 3.76. The molecule has 1 aromatic rings. The molecule has 0 radical (unpaired) electrons. The van der Waals surface area contributed by atoms with Crippen LogP contribution in [0.1, 0.15) is 57.9 Å². The van der Waals surface area contributed by atoms with E-state index in [2.05, 4.69) is 55.4 Å². The first-order valence-corrected chi connectivity index (χ1v) is 9.07. The summed E-state index contributed by atoms with van der Waals surface area (Å²) >= 11 is 1.93. The molecule has 1 fully saturated rings. The topological polar surface area (TPSA) is 15.3 Å². The van der Waals surface area contributed by atoms with Crippen LogP contribution < -0.4 is 5.32 Å². The van der Waals surface area contributed by atoms with Crippen LogP contribution in [0, 0.1) is 5.92 Å². The predicted octanol–water partition coefficient (Wildman–Crippen LogP) is 4.30. The standard InChI is InChI=1S/C17H30N2S/c1-5-8-15(17-9-7-10-20-17)19-12-14(6-2)18-11-16(19)13(3)4/h7,9-10,13-16,18H,5-6,8,11-12H2,1-4H3. The molecule has 3 atom stereocenters. The van der Waals surface area contributed by atoms with Gasteiger partial charge < -0.3 is 5.32 Å². The Hall–Kier alpha value is -0.380. The third-order valence-electron chi connectivity index (χ3n) is 4.57. The Balaban J connectivity index is 2.21. The van der Waals surface area contributed by atoms with Gasteiger partial charge in [-0.25, -0.2) is 0 Å². The van der Waals surface area contributed by atoms with Crippen molar-refractivity contribution in [3.05, 3.63) is 22.4 Å². The van der Waals surface area contributed by atoms with Gasteiger partial charge in [-0.3, -0.25) is 4.90 Å². The smallest absolute Gasteiger partial charge is 0.0445 e. The first kappa shape index (κ1) is 16.0. The molecule has 1 N–H and O–H groups in total. The summed E-state index contributed by atoms with van der Waals surface area (Å²) in [5, 5.41) is 5.96. The minimum absolute atomic E-state index is 0.614.